The molecule has 0 saturated carbocycles. The summed E-state index contributed by atoms with van der Waals surface area (Å²) >= 11 is 0. The van der Waals surface area contributed by atoms with E-state index in [4.69, 9.17) is 11.5 Å². The molecular weight excluding hydrogens is 232 g/mol. The molecule has 5 nitrogen and oxygen atoms in total. The standard InChI is InChI=1S/C13H14N2O3/c1-3-9(2)14-13(18)15-11(12(16)17)10-7-5-4-6-8-10/h1,4-9,11H,2H3,(H,16,17)(H2,14,15,18)/t9?,11-/m1/s1. The number of hydrogen-bond acceptors (Lipinski definition) is 2. The summed E-state index contributed by atoms with van der Waals surface area (Å²) in [5.41, 5.74) is 0.494. The van der Waals surface area contributed by atoms with Crippen LogP contribution in [0.15, 0.2) is 30.3 Å². The Morgan fingerprint density at radius 3 is 2.39 bits per heavy atom. The Morgan fingerprint density at radius 2 is 1.89 bits per heavy atom. The van der Waals surface area contributed by atoms with Gasteiger partial charge in [0.1, 0.15) is 0 Å². The first-order chi connectivity index (χ1) is 8.54. The Kier molecular flexibility index (Phi) is 4.76. The molecule has 3 N–H and O–H groups in total. The highest BCUT2D eigenvalue weighted by Crippen LogP contribution is 2.12. The van der Waals surface area contributed by atoms with Gasteiger partial charge in [0, 0.05) is 0 Å². The van der Waals surface area contributed by atoms with Crippen LogP contribution < -0.4 is 10.6 Å². The van der Waals surface area contributed by atoms with Gasteiger partial charge < -0.3 is 15.7 Å². The van der Waals surface area contributed by atoms with E-state index in [1.54, 1.807) is 37.3 Å². The normalized spacial score (nSPS) is 12.9. The monoisotopic (exact) mass is 246 g/mol. The van der Waals surface area contributed by atoms with Gasteiger partial charge in [0.2, 0.25) is 0 Å². The van der Waals surface area contributed by atoms with Crippen LogP contribution in [0.2, 0.25) is 0 Å². The number of nitrogens with one attached hydrogen (secondary N) is 2. The number of hydrogen-bond donors (Lipinski definition) is 3. The second-order valence-corrected chi connectivity index (χ2v) is 3.69. The van der Waals surface area contributed by atoms with Crippen LogP contribution >= 0.6 is 0 Å². The van der Waals surface area contributed by atoms with E-state index in [0.717, 1.165) is 0 Å². The third-order valence-corrected chi connectivity index (χ3v) is 2.25. The van der Waals surface area contributed by atoms with Crippen molar-refractivity contribution >= 4 is 12.0 Å². The number of terminal acetylenes is 1. The Bertz CT molecular complexity index is 465. The van der Waals surface area contributed by atoms with Crippen molar-refractivity contribution in [3.05, 3.63) is 35.9 Å². The summed E-state index contributed by atoms with van der Waals surface area (Å²) in [5, 5.41) is 13.9. The zero-order valence-corrected chi connectivity index (χ0v) is 9.88. The van der Waals surface area contributed by atoms with E-state index in [9.17, 15) is 9.59 Å². The van der Waals surface area contributed by atoms with Gasteiger partial charge in [-0.2, -0.15) is 0 Å². The lowest BCUT2D eigenvalue weighted by molar-refractivity contribution is -0.139. The first-order valence-corrected chi connectivity index (χ1v) is 5.35. The number of urea groups is 1. The lowest BCUT2D eigenvalue weighted by Crippen LogP contribution is -2.43. The molecule has 1 rings (SSSR count). The molecule has 0 spiro atoms. The minimum Gasteiger partial charge on any atom is -0.479 e. The number of carboxylic acid groups (broad SMARTS) is 1. The maximum Gasteiger partial charge on any atom is 0.330 e. The minimum atomic E-state index is -1.13. The van der Waals surface area contributed by atoms with Crippen molar-refractivity contribution in [3.8, 4) is 12.3 Å². The summed E-state index contributed by atoms with van der Waals surface area (Å²) in [6, 6.07) is 6.25. The van der Waals surface area contributed by atoms with E-state index in [-0.39, 0.29) is 0 Å². The maximum absolute atomic E-state index is 11.5. The highest BCUT2D eigenvalue weighted by molar-refractivity contribution is 5.83. The molecule has 0 radical (unpaired) electrons. The number of rotatable bonds is 4. The van der Waals surface area contributed by atoms with Crippen LogP contribution in [0.4, 0.5) is 4.79 Å². The fourth-order valence-electron chi connectivity index (χ4n) is 1.34. The summed E-state index contributed by atoms with van der Waals surface area (Å²) in [6.07, 6.45) is 5.11. The predicted octanol–water partition coefficient (Wildman–Crippen LogP) is 1.13. The van der Waals surface area contributed by atoms with Crippen molar-refractivity contribution in [1.29, 1.82) is 0 Å². The molecule has 0 aliphatic heterocycles. The lowest BCUT2D eigenvalue weighted by Gasteiger charge is -2.16. The summed E-state index contributed by atoms with van der Waals surface area (Å²) in [6.45, 7) is 1.62. The molecule has 0 fully saturated rings. The van der Waals surface area contributed by atoms with Crippen LogP contribution in [0.25, 0.3) is 0 Å². The number of carbonyl (C=O) groups is 2. The van der Waals surface area contributed by atoms with Crippen molar-refractivity contribution in [2.45, 2.75) is 19.0 Å². The molecule has 1 aromatic rings. The molecule has 1 unspecified atom stereocenters. The first-order valence-electron chi connectivity index (χ1n) is 5.35. The predicted molar refractivity (Wildman–Crippen MR) is 66.8 cm³/mol. The van der Waals surface area contributed by atoms with Gasteiger partial charge in [-0.3, -0.25) is 0 Å². The SMILES string of the molecule is C#CC(C)NC(=O)N[C@@H](C(=O)O)c1ccccc1. The number of benzene rings is 1. The van der Waals surface area contributed by atoms with Crippen LogP contribution in [0.3, 0.4) is 0 Å². The van der Waals surface area contributed by atoms with Gasteiger partial charge in [-0.15, -0.1) is 6.42 Å². The number of aliphatic carboxylic acids is 1. The third-order valence-electron chi connectivity index (χ3n) is 2.25. The van der Waals surface area contributed by atoms with E-state index in [2.05, 4.69) is 16.6 Å². The second-order valence-electron chi connectivity index (χ2n) is 3.69. The third kappa shape index (κ3) is 3.83. The number of carbonyl (C=O) groups excluding carboxylic acids is 1. The second kappa shape index (κ2) is 6.30. The average molecular weight is 246 g/mol. The van der Waals surface area contributed by atoms with Crippen molar-refractivity contribution in [1.82, 2.24) is 10.6 Å². The largest absolute Gasteiger partial charge is 0.479 e. The summed E-state index contributed by atoms with van der Waals surface area (Å²) in [5.74, 6) is 1.18. The van der Waals surface area contributed by atoms with Crippen molar-refractivity contribution in [3.63, 3.8) is 0 Å². The maximum atomic E-state index is 11.5. The quantitative estimate of drug-likeness (QED) is 0.697. The zero-order valence-electron chi connectivity index (χ0n) is 9.88. The Hall–Kier alpha value is -2.48. The van der Waals surface area contributed by atoms with Crippen molar-refractivity contribution in [2.75, 3.05) is 0 Å². The average Bonchev–Trinajstić information content (AvgIpc) is 2.36. The molecule has 0 heterocycles. The molecule has 0 saturated heterocycles. The van der Waals surface area contributed by atoms with Crippen LogP contribution in [0.1, 0.15) is 18.5 Å². The van der Waals surface area contributed by atoms with Crippen LogP contribution in [0, 0.1) is 12.3 Å². The molecule has 0 aromatic heterocycles. The molecule has 0 bridgehead atoms. The molecule has 2 amide bonds. The smallest absolute Gasteiger partial charge is 0.330 e. The van der Waals surface area contributed by atoms with Crippen LogP contribution in [-0.2, 0) is 4.79 Å². The van der Waals surface area contributed by atoms with E-state index >= 15 is 0 Å². The van der Waals surface area contributed by atoms with E-state index in [1.165, 1.54) is 0 Å². The van der Waals surface area contributed by atoms with Crippen molar-refractivity contribution < 1.29 is 14.7 Å². The highest BCUT2D eigenvalue weighted by atomic mass is 16.4. The number of amides is 2. The van der Waals surface area contributed by atoms with Crippen LogP contribution in [0.5, 0.6) is 0 Å². The molecular formula is C13H14N2O3. The topological polar surface area (TPSA) is 78.4 Å². The van der Waals surface area contributed by atoms with E-state index in [0.29, 0.717) is 5.56 Å². The molecule has 1 aromatic carbocycles. The number of carboxylic acids is 1. The molecule has 5 heteroatoms. The van der Waals surface area contributed by atoms with Crippen molar-refractivity contribution in [2.24, 2.45) is 0 Å². The van der Waals surface area contributed by atoms with E-state index < -0.39 is 24.1 Å². The molecule has 2 atom stereocenters. The Balaban J connectivity index is 2.74. The zero-order chi connectivity index (χ0) is 13.5. The highest BCUT2D eigenvalue weighted by Gasteiger charge is 2.21. The molecule has 94 valence electrons. The molecule has 18 heavy (non-hydrogen) atoms. The Labute approximate surface area is 105 Å². The Morgan fingerprint density at radius 1 is 1.28 bits per heavy atom. The lowest BCUT2D eigenvalue weighted by atomic mass is 10.1. The van der Waals surface area contributed by atoms with Gasteiger partial charge >= 0.3 is 12.0 Å². The van der Waals surface area contributed by atoms with Gasteiger partial charge in [-0.1, -0.05) is 36.3 Å². The minimum absolute atomic E-state index is 0.463. The summed E-state index contributed by atoms with van der Waals surface area (Å²) in [7, 11) is 0. The van der Waals surface area contributed by atoms with Gasteiger partial charge in [-0.05, 0) is 12.5 Å². The molecule has 0 aliphatic carbocycles. The summed E-state index contributed by atoms with van der Waals surface area (Å²) < 4.78 is 0. The van der Waals surface area contributed by atoms with Gasteiger partial charge in [0.05, 0.1) is 6.04 Å². The summed E-state index contributed by atoms with van der Waals surface area (Å²) in [4.78, 5) is 22.6. The first kappa shape index (κ1) is 13.6. The fraction of sp³-hybridized carbons (Fsp3) is 0.231. The fourth-order valence-corrected chi connectivity index (χ4v) is 1.34. The van der Waals surface area contributed by atoms with Crippen LogP contribution in [-0.4, -0.2) is 23.1 Å². The molecule has 0 aliphatic rings. The van der Waals surface area contributed by atoms with Gasteiger partial charge in [-0.25, -0.2) is 9.59 Å². The van der Waals surface area contributed by atoms with Gasteiger partial charge in [0.25, 0.3) is 0 Å². The van der Waals surface area contributed by atoms with E-state index in [1.807, 2.05) is 0 Å². The van der Waals surface area contributed by atoms with Gasteiger partial charge in [0.15, 0.2) is 6.04 Å².